The summed E-state index contributed by atoms with van der Waals surface area (Å²) in [7, 11) is 0. The lowest BCUT2D eigenvalue weighted by Crippen LogP contribution is -2.42. The molecule has 0 amide bonds. The number of halogens is 2. The van der Waals surface area contributed by atoms with E-state index in [0.717, 1.165) is 0 Å². The van der Waals surface area contributed by atoms with Crippen molar-refractivity contribution in [2.75, 3.05) is 0 Å². The number of benzene rings is 1. The minimum atomic E-state index is -2.71. The minimum Gasteiger partial charge on any atom is -0.481 e. The molecule has 0 radical (unpaired) electrons. The molecule has 0 spiro atoms. The fourth-order valence-corrected chi connectivity index (χ4v) is 2.43. The Kier molecular flexibility index (Phi) is 2.89. The number of hydrogen-bond donors (Lipinski definition) is 1. The monoisotopic (exact) mass is 240 g/mol. The SMILES string of the molecule is O=C(O)C1(c2ccccc2)CCC(F)(F)CC1. The van der Waals surface area contributed by atoms with Gasteiger partial charge in [0.15, 0.2) is 0 Å². The number of carboxylic acids is 1. The molecule has 4 heteroatoms. The van der Waals surface area contributed by atoms with Gasteiger partial charge in [0.1, 0.15) is 0 Å². The largest absolute Gasteiger partial charge is 0.481 e. The summed E-state index contributed by atoms with van der Waals surface area (Å²) in [5.41, 5.74) is -0.508. The van der Waals surface area contributed by atoms with Crippen molar-refractivity contribution in [3.8, 4) is 0 Å². The van der Waals surface area contributed by atoms with Gasteiger partial charge in [-0.3, -0.25) is 4.79 Å². The summed E-state index contributed by atoms with van der Waals surface area (Å²) >= 11 is 0. The summed E-state index contributed by atoms with van der Waals surface area (Å²) in [6, 6.07) is 8.69. The number of carbonyl (C=O) groups is 1. The molecule has 0 aromatic heterocycles. The average Bonchev–Trinajstić information content (AvgIpc) is 2.30. The fourth-order valence-electron chi connectivity index (χ4n) is 2.43. The van der Waals surface area contributed by atoms with E-state index in [-0.39, 0.29) is 25.7 Å². The molecule has 1 N–H and O–H groups in total. The zero-order valence-electron chi connectivity index (χ0n) is 9.33. The maximum absolute atomic E-state index is 13.1. The Morgan fingerprint density at radius 2 is 1.59 bits per heavy atom. The summed E-state index contributed by atoms with van der Waals surface area (Å²) in [4.78, 5) is 11.4. The second-order valence-corrected chi connectivity index (χ2v) is 4.61. The van der Waals surface area contributed by atoms with E-state index in [1.54, 1.807) is 30.3 Å². The van der Waals surface area contributed by atoms with Gasteiger partial charge in [-0.05, 0) is 18.4 Å². The molecule has 0 saturated heterocycles. The molecular weight excluding hydrogens is 226 g/mol. The molecule has 1 aromatic carbocycles. The Balaban J connectivity index is 2.33. The Morgan fingerprint density at radius 3 is 2.06 bits per heavy atom. The van der Waals surface area contributed by atoms with Gasteiger partial charge >= 0.3 is 5.97 Å². The van der Waals surface area contributed by atoms with Crippen molar-refractivity contribution in [1.29, 1.82) is 0 Å². The van der Waals surface area contributed by atoms with E-state index in [2.05, 4.69) is 0 Å². The third-order valence-corrected chi connectivity index (χ3v) is 3.57. The fraction of sp³-hybridized carbons (Fsp3) is 0.462. The number of hydrogen-bond acceptors (Lipinski definition) is 1. The zero-order valence-corrected chi connectivity index (χ0v) is 9.33. The normalized spacial score (nSPS) is 22.0. The van der Waals surface area contributed by atoms with Gasteiger partial charge in [0.05, 0.1) is 5.41 Å². The third kappa shape index (κ3) is 2.16. The summed E-state index contributed by atoms with van der Waals surface area (Å²) < 4.78 is 26.3. The van der Waals surface area contributed by atoms with E-state index >= 15 is 0 Å². The lowest BCUT2D eigenvalue weighted by atomic mass is 9.68. The second kappa shape index (κ2) is 4.09. The van der Waals surface area contributed by atoms with Crippen LogP contribution in [0.4, 0.5) is 8.78 Å². The van der Waals surface area contributed by atoms with Crippen molar-refractivity contribution in [2.24, 2.45) is 0 Å². The van der Waals surface area contributed by atoms with E-state index in [0.29, 0.717) is 5.56 Å². The number of rotatable bonds is 2. The first-order valence-corrected chi connectivity index (χ1v) is 5.63. The highest BCUT2D eigenvalue weighted by molar-refractivity contribution is 5.81. The smallest absolute Gasteiger partial charge is 0.314 e. The Bertz CT molecular complexity index is 405. The van der Waals surface area contributed by atoms with Crippen molar-refractivity contribution < 1.29 is 18.7 Å². The predicted octanol–water partition coefficient (Wildman–Crippen LogP) is 3.22. The quantitative estimate of drug-likeness (QED) is 0.861. The molecule has 2 nitrogen and oxygen atoms in total. The van der Waals surface area contributed by atoms with E-state index < -0.39 is 17.3 Å². The van der Waals surface area contributed by atoms with Gasteiger partial charge in [-0.1, -0.05) is 30.3 Å². The molecule has 1 aliphatic carbocycles. The van der Waals surface area contributed by atoms with Gasteiger partial charge in [-0.15, -0.1) is 0 Å². The first-order valence-electron chi connectivity index (χ1n) is 5.63. The highest BCUT2D eigenvalue weighted by Gasteiger charge is 2.48. The van der Waals surface area contributed by atoms with Crippen LogP contribution in [0.25, 0.3) is 0 Å². The summed E-state index contributed by atoms with van der Waals surface area (Å²) in [5, 5.41) is 9.37. The van der Waals surface area contributed by atoms with E-state index in [1.165, 1.54) is 0 Å². The van der Waals surface area contributed by atoms with Crippen molar-refractivity contribution in [1.82, 2.24) is 0 Å². The van der Waals surface area contributed by atoms with Crippen LogP contribution >= 0.6 is 0 Å². The molecule has 0 unspecified atom stereocenters. The van der Waals surface area contributed by atoms with Gasteiger partial charge in [-0.25, -0.2) is 8.78 Å². The molecule has 1 aromatic rings. The molecule has 0 heterocycles. The number of carboxylic acid groups (broad SMARTS) is 1. The van der Waals surface area contributed by atoms with Crippen molar-refractivity contribution in [3.05, 3.63) is 35.9 Å². The van der Waals surface area contributed by atoms with E-state index in [9.17, 15) is 18.7 Å². The van der Waals surface area contributed by atoms with Crippen molar-refractivity contribution in [2.45, 2.75) is 37.0 Å². The highest BCUT2D eigenvalue weighted by Crippen LogP contribution is 2.45. The van der Waals surface area contributed by atoms with E-state index in [4.69, 9.17) is 0 Å². The van der Waals surface area contributed by atoms with Crippen molar-refractivity contribution in [3.63, 3.8) is 0 Å². The van der Waals surface area contributed by atoms with Gasteiger partial charge in [0.2, 0.25) is 5.92 Å². The van der Waals surface area contributed by atoms with Crippen LogP contribution in [0.1, 0.15) is 31.2 Å². The average molecular weight is 240 g/mol. The molecule has 0 bridgehead atoms. The molecule has 1 saturated carbocycles. The van der Waals surface area contributed by atoms with Gasteiger partial charge in [0.25, 0.3) is 0 Å². The van der Waals surface area contributed by atoms with Crippen LogP contribution < -0.4 is 0 Å². The van der Waals surface area contributed by atoms with Crippen LogP contribution in [0.3, 0.4) is 0 Å². The van der Waals surface area contributed by atoms with Gasteiger partial charge < -0.3 is 5.11 Å². The molecule has 1 aliphatic rings. The molecule has 17 heavy (non-hydrogen) atoms. The maximum atomic E-state index is 13.1. The van der Waals surface area contributed by atoms with Crippen LogP contribution in [0, 0.1) is 0 Å². The van der Waals surface area contributed by atoms with Crippen LogP contribution in [-0.4, -0.2) is 17.0 Å². The lowest BCUT2D eigenvalue weighted by Gasteiger charge is -2.37. The Hall–Kier alpha value is -1.45. The van der Waals surface area contributed by atoms with Crippen LogP contribution in [0.15, 0.2) is 30.3 Å². The van der Waals surface area contributed by atoms with Gasteiger partial charge in [-0.2, -0.15) is 0 Å². The standard InChI is InChI=1S/C13H14F2O2/c14-13(15)8-6-12(7-9-13,11(16)17)10-4-2-1-3-5-10/h1-5H,6-9H2,(H,16,17). The van der Waals surface area contributed by atoms with E-state index in [1.807, 2.05) is 0 Å². The van der Waals surface area contributed by atoms with Crippen LogP contribution in [-0.2, 0) is 10.2 Å². The Morgan fingerprint density at radius 1 is 1.06 bits per heavy atom. The summed E-state index contributed by atoms with van der Waals surface area (Å²) in [6.07, 6.45) is -0.707. The first-order chi connectivity index (χ1) is 7.96. The molecule has 0 aliphatic heterocycles. The second-order valence-electron chi connectivity index (χ2n) is 4.61. The minimum absolute atomic E-state index is 0.000648. The summed E-state index contributed by atoms with van der Waals surface area (Å²) in [6.45, 7) is 0. The number of aliphatic carboxylic acids is 1. The molecule has 2 rings (SSSR count). The molecule has 1 fully saturated rings. The molecule has 0 atom stereocenters. The highest BCUT2D eigenvalue weighted by atomic mass is 19.3. The van der Waals surface area contributed by atoms with Crippen LogP contribution in [0.5, 0.6) is 0 Å². The summed E-state index contributed by atoms with van der Waals surface area (Å²) in [5.74, 6) is -3.72. The zero-order chi connectivity index (χ0) is 12.5. The molecular formula is C13H14F2O2. The molecule has 92 valence electrons. The van der Waals surface area contributed by atoms with Gasteiger partial charge in [0, 0.05) is 12.8 Å². The number of alkyl halides is 2. The van der Waals surface area contributed by atoms with Crippen LogP contribution in [0.2, 0.25) is 0 Å². The third-order valence-electron chi connectivity index (χ3n) is 3.57. The Labute approximate surface area is 98.3 Å². The lowest BCUT2D eigenvalue weighted by molar-refractivity contribution is -0.149. The predicted molar refractivity (Wildman–Crippen MR) is 59.2 cm³/mol. The topological polar surface area (TPSA) is 37.3 Å². The maximum Gasteiger partial charge on any atom is 0.314 e. The first kappa shape index (κ1) is 12.0. The van der Waals surface area contributed by atoms with Crippen molar-refractivity contribution >= 4 is 5.97 Å².